The van der Waals surface area contributed by atoms with Crippen molar-refractivity contribution in [1.82, 2.24) is 9.55 Å². The van der Waals surface area contributed by atoms with Gasteiger partial charge in [0.2, 0.25) is 0 Å². The van der Waals surface area contributed by atoms with Crippen molar-refractivity contribution in [2.45, 2.75) is 25.0 Å². The van der Waals surface area contributed by atoms with Gasteiger partial charge in [0.15, 0.2) is 10.9 Å². The average molecular weight is 373 g/mol. The Balaban J connectivity index is 1.95. The Labute approximate surface area is 154 Å². The number of hydrogen-bond acceptors (Lipinski definition) is 4. The second kappa shape index (κ2) is 7.85. The number of hydrogen-bond donors (Lipinski definition) is 0. The summed E-state index contributed by atoms with van der Waals surface area (Å²) in [5.74, 6) is 0.237. The molecular formula is C19H17ClN2O2S. The normalized spacial score (nSPS) is 11.0. The van der Waals surface area contributed by atoms with Crippen molar-refractivity contribution < 1.29 is 4.79 Å². The molecule has 0 unspecified atom stereocenters. The Morgan fingerprint density at radius 1 is 1.20 bits per heavy atom. The molecule has 25 heavy (non-hydrogen) atoms. The highest BCUT2D eigenvalue weighted by molar-refractivity contribution is 7.99. The Hall–Kier alpha value is -2.11. The number of carbonyl (C=O) groups is 1. The van der Waals surface area contributed by atoms with Crippen LogP contribution in [0.15, 0.2) is 58.5 Å². The molecule has 0 fully saturated rings. The van der Waals surface area contributed by atoms with Gasteiger partial charge < -0.3 is 0 Å². The van der Waals surface area contributed by atoms with Crippen molar-refractivity contribution >= 4 is 40.0 Å². The van der Waals surface area contributed by atoms with Crippen LogP contribution < -0.4 is 5.56 Å². The molecule has 6 heteroatoms. The topological polar surface area (TPSA) is 52.0 Å². The van der Waals surface area contributed by atoms with E-state index in [1.54, 1.807) is 34.9 Å². The molecule has 0 radical (unpaired) electrons. The molecule has 3 rings (SSSR count). The summed E-state index contributed by atoms with van der Waals surface area (Å²) in [5, 5.41) is 1.62. The van der Waals surface area contributed by atoms with Gasteiger partial charge in [0.1, 0.15) is 0 Å². The maximum absolute atomic E-state index is 12.7. The van der Waals surface area contributed by atoms with E-state index in [-0.39, 0.29) is 17.1 Å². The molecule has 128 valence electrons. The van der Waals surface area contributed by atoms with E-state index in [0.717, 1.165) is 6.42 Å². The van der Waals surface area contributed by atoms with Gasteiger partial charge in [0, 0.05) is 17.1 Å². The summed E-state index contributed by atoms with van der Waals surface area (Å²) in [6.45, 7) is 2.56. The first-order valence-corrected chi connectivity index (χ1v) is 9.37. The molecule has 1 aromatic heterocycles. The number of aromatic nitrogens is 2. The Morgan fingerprint density at radius 2 is 1.96 bits per heavy atom. The highest BCUT2D eigenvalue weighted by Crippen LogP contribution is 2.21. The quantitative estimate of drug-likeness (QED) is 0.365. The van der Waals surface area contributed by atoms with E-state index in [1.807, 2.05) is 25.1 Å². The minimum atomic E-state index is -0.0989. The van der Waals surface area contributed by atoms with Gasteiger partial charge in [-0.25, -0.2) is 4.98 Å². The van der Waals surface area contributed by atoms with E-state index < -0.39 is 0 Å². The molecule has 0 saturated carbocycles. The lowest BCUT2D eigenvalue weighted by Gasteiger charge is -2.12. The lowest BCUT2D eigenvalue weighted by molar-refractivity contribution is 0.102. The van der Waals surface area contributed by atoms with Crippen molar-refractivity contribution in [1.29, 1.82) is 0 Å². The van der Waals surface area contributed by atoms with E-state index in [1.165, 1.54) is 11.8 Å². The van der Waals surface area contributed by atoms with Crippen molar-refractivity contribution in [3.8, 4) is 0 Å². The second-order valence-corrected chi connectivity index (χ2v) is 6.97. The minimum Gasteiger partial charge on any atom is -0.293 e. The van der Waals surface area contributed by atoms with Crippen LogP contribution in [-0.2, 0) is 6.54 Å². The molecular weight excluding hydrogens is 356 g/mol. The lowest BCUT2D eigenvalue weighted by Crippen LogP contribution is -2.23. The van der Waals surface area contributed by atoms with Crippen LogP contribution in [0.5, 0.6) is 0 Å². The molecule has 2 aromatic carbocycles. The first kappa shape index (κ1) is 17.7. The zero-order valence-corrected chi connectivity index (χ0v) is 15.3. The summed E-state index contributed by atoms with van der Waals surface area (Å²) in [6.07, 6.45) is 0.806. The van der Waals surface area contributed by atoms with Crippen molar-refractivity contribution in [2.75, 3.05) is 5.75 Å². The number of carbonyl (C=O) groups excluding carboxylic acids is 1. The third kappa shape index (κ3) is 3.94. The van der Waals surface area contributed by atoms with E-state index >= 15 is 0 Å². The van der Waals surface area contributed by atoms with Gasteiger partial charge in [-0.1, -0.05) is 60.6 Å². The van der Waals surface area contributed by atoms with Crippen LogP contribution in [0.3, 0.4) is 0 Å². The van der Waals surface area contributed by atoms with E-state index in [2.05, 4.69) is 4.98 Å². The average Bonchev–Trinajstić information content (AvgIpc) is 2.63. The molecule has 4 nitrogen and oxygen atoms in total. The Morgan fingerprint density at radius 3 is 2.68 bits per heavy atom. The molecule has 0 saturated heterocycles. The SMILES string of the molecule is CCCn1c(SCC(=O)c2ccccc2)nc2cc(Cl)ccc2c1=O. The second-order valence-electron chi connectivity index (χ2n) is 5.59. The molecule has 3 aromatic rings. The molecule has 0 aliphatic heterocycles. The summed E-state index contributed by atoms with van der Waals surface area (Å²) in [7, 11) is 0. The number of fused-ring (bicyclic) bond motifs is 1. The predicted octanol–water partition coefficient (Wildman–Crippen LogP) is 4.43. The molecule has 0 atom stereocenters. The van der Waals surface area contributed by atoms with Crippen LogP contribution in [0.4, 0.5) is 0 Å². The van der Waals surface area contributed by atoms with Crippen LogP contribution in [0, 0.1) is 0 Å². The summed E-state index contributed by atoms with van der Waals surface area (Å²) in [5.41, 5.74) is 1.11. The highest BCUT2D eigenvalue weighted by Gasteiger charge is 2.14. The van der Waals surface area contributed by atoms with Gasteiger partial charge in [-0.2, -0.15) is 0 Å². The van der Waals surface area contributed by atoms with Gasteiger partial charge in [-0.3, -0.25) is 14.2 Å². The molecule has 1 heterocycles. The third-order valence-electron chi connectivity index (χ3n) is 3.76. The minimum absolute atomic E-state index is 0.00842. The van der Waals surface area contributed by atoms with Crippen molar-refractivity contribution in [3.63, 3.8) is 0 Å². The van der Waals surface area contributed by atoms with Crippen LogP contribution >= 0.6 is 23.4 Å². The number of thioether (sulfide) groups is 1. The fourth-order valence-corrected chi connectivity index (χ4v) is 3.63. The van der Waals surface area contributed by atoms with Crippen LogP contribution in [0.1, 0.15) is 23.7 Å². The molecule has 0 spiro atoms. The fraction of sp³-hybridized carbons (Fsp3) is 0.211. The number of benzene rings is 2. The number of halogens is 1. The highest BCUT2D eigenvalue weighted by atomic mass is 35.5. The summed E-state index contributed by atoms with van der Waals surface area (Å²) in [4.78, 5) is 29.6. The van der Waals surface area contributed by atoms with Gasteiger partial charge >= 0.3 is 0 Å². The monoisotopic (exact) mass is 372 g/mol. The first-order chi connectivity index (χ1) is 12.1. The number of ketones is 1. The molecule has 0 N–H and O–H groups in total. The predicted molar refractivity (Wildman–Crippen MR) is 103 cm³/mol. The standard InChI is InChI=1S/C19H17ClN2O2S/c1-2-10-22-18(24)15-9-8-14(20)11-16(15)21-19(22)25-12-17(23)13-6-4-3-5-7-13/h3-9,11H,2,10,12H2,1H3. The van der Waals surface area contributed by atoms with Crippen molar-refractivity contribution in [3.05, 3.63) is 69.5 Å². The number of nitrogens with zero attached hydrogens (tertiary/aromatic N) is 2. The van der Waals surface area contributed by atoms with Gasteiger partial charge in [-0.15, -0.1) is 0 Å². The van der Waals surface area contributed by atoms with Crippen LogP contribution in [0.25, 0.3) is 10.9 Å². The van der Waals surface area contributed by atoms with E-state index in [4.69, 9.17) is 11.6 Å². The van der Waals surface area contributed by atoms with Crippen LogP contribution in [-0.4, -0.2) is 21.1 Å². The largest absolute Gasteiger partial charge is 0.293 e. The number of Topliss-reactive ketones (excluding diaryl/α,β-unsaturated/α-hetero) is 1. The summed E-state index contributed by atoms with van der Waals surface area (Å²) >= 11 is 7.31. The summed E-state index contributed by atoms with van der Waals surface area (Å²) in [6, 6.07) is 14.2. The zero-order valence-electron chi connectivity index (χ0n) is 13.7. The van der Waals surface area contributed by atoms with Gasteiger partial charge in [-0.05, 0) is 24.6 Å². The lowest BCUT2D eigenvalue weighted by atomic mass is 10.2. The third-order valence-corrected chi connectivity index (χ3v) is 4.97. The molecule has 0 aliphatic carbocycles. The Kier molecular flexibility index (Phi) is 5.56. The van der Waals surface area contributed by atoms with E-state index in [0.29, 0.717) is 33.2 Å². The fourth-order valence-electron chi connectivity index (χ4n) is 2.54. The smallest absolute Gasteiger partial charge is 0.262 e. The molecule has 0 amide bonds. The van der Waals surface area contributed by atoms with Crippen LogP contribution in [0.2, 0.25) is 5.02 Å². The maximum Gasteiger partial charge on any atom is 0.262 e. The number of rotatable bonds is 6. The zero-order chi connectivity index (χ0) is 17.8. The Bertz CT molecular complexity index is 970. The molecule has 0 bridgehead atoms. The van der Waals surface area contributed by atoms with Gasteiger partial charge in [0.25, 0.3) is 5.56 Å². The van der Waals surface area contributed by atoms with Crippen molar-refractivity contribution in [2.24, 2.45) is 0 Å². The first-order valence-electron chi connectivity index (χ1n) is 8.01. The summed E-state index contributed by atoms with van der Waals surface area (Å²) < 4.78 is 1.64. The van der Waals surface area contributed by atoms with E-state index in [9.17, 15) is 9.59 Å². The maximum atomic E-state index is 12.7. The van der Waals surface area contributed by atoms with Gasteiger partial charge in [0.05, 0.1) is 16.7 Å². The molecule has 0 aliphatic rings.